The largest absolute Gasteiger partial charge is 0.495 e. The average Bonchev–Trinajstić information content (AvgIpc) is 3.74. The van der Waals surface area contributed by atoms with Crippen LogP contribution in [0.3, 0.4) is 0 Å². The van der Waals surface area contributed by atoms with E-state index in [9.17, 15) is 14.0 Å². The number of alkyl halides is 1. The molecule has 2 aliphatic carbocycles. The van der Waals surface area contributed by atoms with E-state index in [1.54, 1.807) is 57.5 Å². The molecule has 0 spiro atoms. The quantitative estimate of drug-likeness (QED) is 0.370. The third-order valence-electron chi connectivity index (χ3n) is 6.80. The summed E-state index contributed by atoms with van der Waals surface area (Å²) in [5.41, 5.74) is 1.39. The molecule has 3 aromatic rings. The first-order chi connectivity index (χ1) is 18.3. The lowest BCUT2D eigenvalue weighted by Crippen LogP contribution is -2.39. The molecule has 1 saturated carbocycles. The van der Waals surface area contributed by atoms with Crippen LogP contribution in [0.25, 0.3) is 10.9 Å². The standard InChI is InChI=1S/C28H28FN5O4/c1-16-12-18(6-9-21(16)29)34-27(36)28(10-11-28)26(35)33-17-4-7-19(8-5-17)38-25-20-13-24(37-3)23(30-2)14-22(20)31-15-32-25/h4-9,12-16,21,30H,10-11H2,1-3H3,(H,33,35)(H,34,36)/t16-,21?/m0/s1. The highest BCUT2D eigenvalue weighted by atomic mass is 19.1. The predicted molar refractivity (Wildman–Crippen MR) is 142 cm³/mol. The number of amides is 2. The molecule has 2 aliphatic rings. The van der Waals surface area contributed by atoms with Gasteiger partial charge in [0.2, 0.25) is 17.7 Å². The van der Waals surface area contributed by atoms with E-state index < -0.39 is 11.6 Å². The molecule has 0 saturated heterocycles. The zero-order valence-corrected chi connectivity index (χ0v) is 21.2. The van der Waals surface area contributed by atoms with E-state index in [0.29, 0.717) is 52.5 Å². The lowest BCUT2D eigenvalue weighted by atomic mass is 9.98. The number of nitrogens with zero attached hydrogens (tertiary/aromatic N) is 2. The van der Waals surface area contributed by atoms with E-state index in [0.717, 1.165) is 5.69 Å². The smallest absolute Gasteiger partial charge is 0.240 e. The Morgan fingerprint density at radius 2 is 1.82 bits per heavy atom. The molecule has 9 nitrogen and oxygen atoms in total. The van der Waals surface area contributed by atoms with Crippen molar-refractivity contribution in [2.75, 3.05) is 24.8 Å². The van der Waals surface area contributed by atoms with Gasteiger partial charge in [-0.1, -0.05) is 13.0 Å². The van der Waals surface area contributed by atoms with Crippen LogP contribution >= 0.6 is 0 Å². The van der Waals surface area contributed by atoms with Gasteiger partial charge >= 0.3 is 0 Å². The summed E-state index contributed by atoms with van der Waals surface area (Å²) in [5.74, 6) is 0.397. The summed E-state index contributed by atoms with van der Waals surface area (Å²) in [6.07, 6.45) is 5.84. The minimum atomic E-state index is -1.13. The molecule has 2 aromatic carbocycles. The van der Waals surface area contributed by atoms with Crippen LogP contribution in [0.15, 0.2) is 66.7 Å². The molecule has 1 fully saturated rings. The number of hydrogen-bond donors (Lipinski definition) is 3. The molecule has 1 heterocycles. The zero-order valence-electron chi connectivity index (χ0n) is 21.2. The van der Waals surface area contributed by atoms with Gasteiger partial charge in [0.25, 0.3) is 0 Å². The monoisotopic (exact) mass is 517 g/mol. The van der Waals surface area contributed by atoms with Crippen molar-refractivity contribution in [1.29, 1.82) is 0 Å². The molecule has 1 unspecified atom stereocenters. The molecule has 5 rings (SSSR count). The van der Waals surface area contributed by atoms with Crippen LogP contribution in [0, 0.1) is 11.3 Å². The maximum absolute atomic E-state index is 13.7. The zero-order chi connectivity index (χ0) is 26.9. The number of ether oxygens (including phenoxy) is 2. The maximum atomic E-state index is 13.7. The summed E-state index contributed by atoms with van der Waals surface area (Å²) in [5, 5.41) is 9.35. The number of carbonyl (C=O) groups is 2. The minimum absolute atomic E-state index is 0.340. The number of nitrogens with one attached hydrogen (secondary N) is 3. The second-order valence-corrected chi connectivity index (χ2v) is 9.40. The predicted octanol–water partition coefficient (Wildman–Crippen LogP) is 4.74. The fourth-order valence-electron chi connectivity index (χ4n) is 4.29. The number of carbonyl (C=O) groups excluding carboxylic acids is 2. The summed E-state index contributed by atoms with van der Waals surface area (Å²) in [6, 6.07) is 10.5. The van der Waals surface area contributed by atoms with Crippen molar-refractivity contribution in [3.8, 4) is 17.4 Å². The number of benzene rings is 2. The van der Waals surface area contributed by atoms with Gasteiger partial charge in [-0.2, -0.15) is 0 Å². The van der Waals surface area contributed by atoms with Gasteiger partial charge < -0.3 is 25.4 Å². The number of rotatable bonds is 8. The lowest BCUT2D eigenvalue weighted by molar-refractivity contribution is -0.133. The van der Waals surface area contributed by atoms with E-state index in [1.807, 2.05) is 6.07 Å². The van der Waals surface area contributed by atoms with Crippen molar-refractivity contribution in [2.45, 2.75) is 25.9 Å². The molecule has 0 bridgehead atoms. The van der Waals surface area contributed by atoms with Gasteiger partial charge in [-0.15, -0.1) is 0 Å². The van der Waals surface area contributed by atoms with Gasteiger partial charge in [0.15, 0.2) is 0 Å². The number of halogens is 1. The summed E-state index contributed by atoms with van der Waals surface area (Å²) >= 11 is 0. The third kappa shape index (κ3) is 4.89. The van der Waals surface area contributed by atoms with Crippen LogP contribution in [0.2, 0.25) is 0 Å². The van der Waals surface area contributed by atoms with E-state index in [-0.39, 0.29) is 17.7 Å². The highest BCUT2D eigenvalue weighted by Crippen LogP contribution is 2.47. The van der Waals surface area contributed by atoms with Crippen molar-refractivity contribution in [3.05, 3.63) is 66.7 Å². The van der Waals surface area contributed by atoms with Crippen LogP contribution in [-0.4, -0.2) is 42.1 Å². The van der Waals surface area contributed by atoms with Crippen molar-refractivity contribution in [2.24, 2.45) is 11.3 Å². The van der Waals surface area contributed by atoms with Gasteiger partial charge in [0.1, 0.15) is 29.4 Å². The fraction of sp³-hybridized carbons (Fsp3) is 0.286. The van der Waals surface area contributed by atoms with Crippen molar-refractivity contribution < 1.29 is 23.5 Å². The van der Waals surface area contributed by atoms with Gasteiger partial charge in [0.05, 0.1) is 23.7 Å². The van der Waals surface area contributed by atoms with E-state index in [2.05, 4.69) is 25.9 Å². The Bertz CT molecular complexity index is 1450. The third-order valence-corrected chi connectivity index (χ3v) is 6.80. The number of aromatic nitrogens is 2. The van der Waals surface area contributed by atoms with Crippen LogP contribution in [0.4, 0.5) is 15.8 Å². The molecular weight excluding hydrogens is 489 g/mol. The Kier molecular flexibility index (Phi) is 6.71. The summed E-state index contributed by atoms with van der Waals surface area (Å²) in [7, 11) is 3.38. The first-order valence-corrected chi connectivity index (χ1v) is 12.3. The van der Waals surface area contributed by atoms with Crippen LogP contribution in [0.1, 0.15) is 19.8 Å². The SMILES string of the molecule is CNc1cc2ncnc(Oc3ccc(NC(=O)C4(C(=O)NC5=C[C@H](C)C(F)C=C5)CC4)cc3)c2cc1OC. The number of hydrogen-bond acceptors (Lipinski definition) is 7. The Morgan fingerprint density at radius 3 is 2.47 bits per heavy atom. The molecule has 38 heavy (non-hydrogen) atoms. The number of anilines is 2. The first kappa shape index (κ1) is 25.2. The summed E-state index contributed by atoms with van der Waals surface area (Å²) < 4.78 is 25.1. The van der Waals surface area contributed by atoms with E-state index >= 15 is 0 Å². The van der Waals surface area contributed by atoms with Crippen molar-refractivity contribution in [3.63, 3.8) is 0 Å². The van der Waals surface area contributed by atoms with Crippen LogP contribution < -0.4 is 25.4 Å². The van der Waals surface area contributed by atoms with Crippen LogP contribution in [-0.2, 0) is 9.59 Å². The molecule has 1 aromatic heterocycles. The van der Waals surface area contributed by atoms with Crippen molar-refractivity contribution >= 4 is 34.1 Å². The highest BCUT2D eigenvalue weighted by Gasteiger charge is 2.56. The molecule has 196 valence electrons. The number of allylic oxidation sites excluding steroid dienone is 3. The maximum Gasteiger partial charge on any atom is 0.240 e. The Balaban J connectivity index is 1.26. The summed E-state index contributed by atoms with van der Waals surface area (Å²) in [6.45, 7) is 1.73. The van der Waals surface area contributed by atoms with E-state index in [1.165, 1.54) is 18.5 Å². The molecule has 0 aliphatic heterocycles. The Hall–Kier alpha value is -4.47. The highest BCUT2D eigenvalue weighted by molar-refractivity contribution is 6.13. The summed E-state index contributed by atoms with van der Waals surface area (Å²) in [4.78, 5) is 34.5. The second-order valence-electron chi connectivity index (χ2n) is 9.40. The average molecular weight is 518 g/mol. The second kappa shape index (κ2) is 10.1. The van der Waals surface area contributed by atoms with Gasteiger partial charge in [-0.05, 0) is 61.4 Å². The van der Waals surface area contributed by atoms with E-state index in [4.69, 9.17) is 9.47 Å². The lowest BCUT2D eigenvalue weighted by Gasteiger charge is -2.20. The topological polar surface area (TPSA) is 114 Å². The van der Waals surface area contributed by atoms with Crippen LogP contribution in [0.5, 0.6) is 17.4 Å². The number of fused-ring (bicyclic) bond motifs is 1. The molecule has 10 heteroatoms. The minimum Gasteiger partial charge on any atom is -0.495 e. The molecule has 0 radical (unpaired) electrons. The first-order valence-electron chi connectivity index (χ1n) is 12.3. The number of methoxy groups -OCH3 is 1. The Labute approximate surface area is 219 Å². The molecule has 2 amide bonds. The van der Waals surface area contributed by atoms with Gasteiger partial charge in [0, 0.05) is 24.4 Å². The molecule has 3 N–H and O–H groups in total. The Morgan fingerprint density at radius 1 is 1.08 bits per heavy atom. The van der Waals surface area contributed by atoms with Gasteiger partial charge in [-0.25, -0.2) is 14.4 Å². The molecular formula is C28H28FN5O4. The normalized spacial score (nSPS) is 19.3. The van der Waals surface area contributed by atoms with Gasteiger partial charge in [-0.3, -0.25) is 9.59 Å². The fourth-order valence-corrected chi connectivity index (χ4v) is 4.29. The molecule has 2 atom stereocenters. The van der Waals surface area contributed by atoms with Crippen molar-refractivity contribution in [1.82, 2.24) is 15.3 Å².